The van der Waals surface area contributed by atoms with Crippen LogP contribution in [0, 0.1) is 0 Å². The molecule has 0 aliphatic rings. The van der Waals surface area contributed by atoms with Crippen LogP contribution in [0.3, 0.4) is 0 Å². The van der Waals surface area contributed by atoms with Gasteiger partial charge in [-0.3, -0.25) is 9.59 Å². The van der Waals surface area contributed by atoms with Gasteiger partial charge in [-0.25, -0.2) is 4.68 Å². The zero-order valence-corrected chi connectivity index (χ0v) is 21.6. The molecule has 3 aromatic carbocycles. The van der Waals surface area contributed by atoms with Crippen molar-refractivity contribution in [3.05, 3.63) is 102 Å². The number of aromatic nitrogens is 2. The van der Waals surface area contributed by atoms with Crippen LogP contribution in [0.15, 0.2) is 91.0 Å². The number of carbonyl (C=O) groups excluding carboxylic acids is 2. The predicted octanol–water partition coefficient (Wildman–Crippen LogP) is 6.37. The Hall–Kier alpha value is -4.19. The Morgan fingerprint density at radius 1 is 0.865 bits per heavy atom. The average molecular weight is 495 g/mol. The van der Waals surface area contributed by atoms with Crippen molar-refractivity contribution in [2.75, 3.05) is 18.4 Å². The molecular weight excluding hydrogens is 460 g/mol. The van der Waals surface area contributed by atoms with E-state index in [4.69, 9.17) is 5.10 Å². The summed E-state index contributed by atoms with van der Waals surface area (Å²) in [5.41, 5.74) is 4.37. The highest BCUT2D eigenvalue weighted by molar-refractivity contribution is 5.99. The number of rotatable bonds is 11. The lowest BCUT2D eigenvalue weighted by molar-refractivity contribution is -0.116. The van der Waals surface area contributed by atoms with Gasteiger partial charge in [0.25, 0.3) is 5.91 Å². The summed E-state index contributed by atoms with van der Waals surface area (Å²) in [5, 5.41) is 7.75. The van der Waals surface area contributed by atoms with Crippen LogP contribution in [0.25, 0.3) is 16.9 Å². The average Bonchev–Trinajstić information content (AvgIpc) is 3.36. The van der Waals surface area contributed by atoms with Gasteiger partial charge in [0, 0.05) is 23.7 Å². The van der Waals surface area contributed by atoms with Crippen LogP contribution in [0.4, 0.5) is 5.82 Å². The summed E-state index contributed by atoms with van der Waals surface area (Å²) < 4.78 is 1.72. The number of aryl methyl sites for hydroxylation is 1. The van der Waals surface area contributed by atoms with E-state index in [0.29, 0.717) is 17.9 Å². The van der Waals surface area contributed by atoms with Gasteiger partial charge >= 0.3 is 0 Å². The molecule has 0 saturated heterocycles. The van der Waals surface area contributed by atoms with Crippen molar-refractivity contribution in [2.24, 2.45) is 0 Å². The number of benzene rings is 3. The van der Waals surface area contributed by atoms with Crippen molar-refractivity contribution >= 4 is 17.6 Å². The molecule has 0 unspecified atom stereocenters. The number of unbranched alkanes of at least 4 members (excludes halogenated alkanes) is 1. The van der Waals surface area contributed by atoms with E-state index in [2.05, 4.69) is 12.2 Å². The van der Waals surface area contributed by atoms with Crippen molar-refractivity contribution in [1.82, 2.24) is 14.7 Å². The van der Waals surface area contributed by atoms with Gasteiger partial charge in [-0.05, 0) is 49.1 Å². The Morgan fingerprint density at radius 3 is 2.19 bits per heavy atom. The standard InChI is InChI=1S/C31H34N4O2/c1-3-5-12-24-17-19-26(20-18-24)31(37)34(21-4-2)23-30(36)32-29-22-28(25-13-8-6-9-14-25)33-35(29)27-15-10-7-11-16-27/h6-11,13-20,22H,3-5,12,21,23H2,1-2H3,(H,32,36). The third kappa shape index (κ3) is 6.73. The third-order valence-electron chi connectivity index (χ3n) is 6.18. The van der Waals surface area contributed by atoms with Gasteiger partial charge in [0.1, 0.15) is 12.4 Å². The fourth-order valence-electron chi connectivity index (χ4n) is 4.24. The summed E-state index contributed by atoms with van der Waals surface area (Å²) in [7, 11) is 0. The maximum absolute atomic E-state index is 13.3. The van der Waals surface area contributed by atoms with Crippen molar-refractivity contribution in [1.29, 1.82) is 0 Å². The smallest absolute Gasteiger partial charge is 0.254 e. The molecule has 4 rings (SSSR count). The van der Waals surface area contributed by atoms with Crippen molar-refractivity contribution in [3.8, 4) is 16.9 Å². The summed E-state index contributed by atoms with van der Waals surface area (Å²) >= 11 is 0. The van der Waals surface area contributed by atoms with E-state index in [9.17, 15) is 9.59 Å². The Balaban J connectivity index is 1.52. The van der Waals surface area contributed by atoms with Gasteiger partial charge < -0.3 is 10.2 Å². The Morgan fingerprint density at radius 2 is 1.54 bits per heavy atom. The molecule has 37 heavy (non-hydrogen) atoms. The van der Waals surface area contributed by atoms with Crippen molar-refractivity contribution in [3.63, 3.8) is 0 Å². The summed E-state index contributed by atoms with van der Waals surface area (Å²) in [6.45, 7) is 4.63. The quantitative estimate of drug-likeness (QED) is 0.263. The number of nitrogens with one attached hydrogen (secondary N) is 1. The highest BCUT2D eigenvalue weighted by atomic mass is 16.2. The summed E-state index contributed by atoms with van der Waals surface area (Å²) in [4.78, 5) is 28.1. The van der Waals surface area contributed by atoms with Gasteiger partial charge in [-0.2, -0.15) is 5.10 Å². The van der Waals surface area contributed by atoms with Gasteiger partial charge in [0.05, 0.1) is 11.4 Å². The number of carbonyl (C=O) groups is 2. The first-order chi connectivity index (χ1) is 18.1. The van der Waals surface area contributed by atoms with E-state index >= 15 is 0 Å². The molecule has 1 aromatic heterocycles. The fourth-order valence-corrected chi connectivity index (χ4v) is 4.24. The van der Waals surface area contributed by atoms with E-state index in [1.807, 2.05) is 97.9 Å². The van der Waals surface area contributed by atoms with E-state index < -0.39 is 0 Å². The molecule has 0 radical (unpaired) electrons. The number of hydrogen-bond acceptors (Lipinski definition) is 3. The van der Waals surface area contributed by atoms with E-state index in [1.54, 1.807) is 9.58 Å². The second-order valence-electron chi connectivity index (χ2n) is 9.10. The lowest BCUT2D eigenvalue weighted by atomic mass is 10.1. The van der Waals surface area contributed by atoms with Gasteiger partial charge in [0.2, 0.25) is 5.91 Å². The van der Waals surface area contributed by atoms with Crippen LogP contribution in [0.1, 0.15) is 49.0 Å². The first-order valence-electron chi connectivity index (χ1n) is 13.0. The first kappa shape index (κ1) is 25.9. The summed E-state index contributed by atoms with van der Waals surface area (Å²) in [6, 6.07) is 29.1. The zero-order chi connectivity index (χ0) is 26.0. The second-order valence-corrected chi connectivity index (χ2v) is 9.10. The second kappa shape index (κ2) is 12.7. The molecule has 190 valence electrons. The summed E-state index contributed by atoms with van der Waals surface area (Å²) in [5.74, 6) is 0.151. The van der Waals surface area contributed by atoms with Gasteiger partial charge in [0.15, 0.2) is 0 Å². The van der Waals surface area contributed by atoms with Crippen molar-refractivity contribution < 1.29 is 9.59 Å². The summed E-state index contributed by atoms with van der Waals surface area (Å²) in [6.07, 6.45) is 4.02. The number of hydrogen-bond donors (Lipinski definition) is 1. The van der Waals surface area contributed by atoms with Crippen LogP contribution < -0.4 is 5.32 Å². The molecule has 0 aliphatic heterocycles. The Labute approximate surface area is 218 Å². The lowest BCUT2D eigenvalue weighted by Gasteiger charge is -2.22. The molecule has 6 heteroatoms. The van der Waals surface area contributed by atoms with E-state index in [-0.39, 0.29) is 18.4 Å². The number of amides is 2. The van der Waals surface area contributed by atoms with E-state index in [1.165, 1.54) is 5.56 Å². The largest absolute Gasteiger partial charge is 0.329 e. The molecule has 0 saturated carbocycles. The molecule has 4 aromatic rings. The molecule has 1 heterocycles. The molecule has 0 aliphatic carbocycles. The minimum Gasteiger partial charge on any atom is -0.329 e. The molecule has 1 N–H and O–H groups in total. The SMILES string of the molecule is CCCCc1ccc(C(=O)N(CCC)CC(=O)Nc2cc(-c3ccccc3)nn2-c2ccccc2)cc1. The topological polar surface area (TPSA) is 67.2 Å². The molecule has 0 spiro atoms. The molecule has 0 bridgehead atoms. The normalized spacial score (nSPS) is 10.8. The number of nitrogens with zero attached hydrogens (tertiary/aromatic N) is 3. The third-order valence-corrected chi connectivity index (χ3v) is 6.18. The minimum atomic E-state index is -0.266. The number of para-hydroxylation sites is 1. The number of anilines is 1. The van der Waals surface area contributed by atoms with Crippen LogP contribution >= 0.6 is 0 Å². The monoisotopic (exact) mass is 494 g/mol. The van der Waals surface area contributed by atoms with Gasteiger partial charge in [-0.1, -0.05) is 80.9 Å². The Bertz CT molecular complexity index is 1300. The molecule has 0 fully saturated rings. The highest BCUT2D eigenvalue weighted by Gasteiger charge is 2.20. The fraction of sp³-hybridized carbons (Fsp3) is 0.258. The maximum Gasteiger partial charge on any atom is 0.254 e. The Kier molecular flexibility index (Phi) is 8.87. The molecule has 2 amide bonds. The predicted molar refractivity (Wildman–Crippen MR) is 149 cm³/mol. The van der Waals surface area contributed by atoms with Gasteiger partial charge in [-0.15, -0.1) is 0 Å². The molecule has 0 atom stereocenters. The lowest BCUT2D eigenvalue weighted by Crippen LogP contribution is -2.38. The molecular formula is C31H34N4O2. The highest BCUT2D eigenvalue weighted by Crippen LogP contribution is 2.25. The van der Waals surface area contributed by atoms with Crippen LogP contribution in [-0.4, -0.2) is 39.6 Å². The van der Waals surface area contributed by atoms with E-state index in [0.717, 1.165) is 42.6 Å². The molecule has 6 nitrogen and oxygen atoms in total. The van der Waals surface area contributed by atoms with Crippen molar-refractivity contribution in [2.45, 2.75) is 39.5 Å². The van der Waals surface area contributed by atoms with Crippen LogP contribution in [-0.2, 0) is 11.2 Å². The minimum absolute atomic E-state index is 0.0368. The maximum atomic E-state index is 13.3. The first-order valence-corrected chi connectivity index (χ1v) is 13.0. The zero-order valence-electron chi connectivity index (χ0n) is 21.6. The van der Waals surface area contributed by atoms with Crippen LogP contribution in [0.2, 0.25) is 0 Å². The van der Waals surface area contributed by atoms with Crippen LogP contribution in [0.5, 0.6) is 0 Å².